The maximum absolute atomic E-state index is 12.9. The first-order valence-electron chi connectivity index (χ1n) is 6.10. The fourth-order valence-corrected chi connectivity index (χ4v) is 1.90. The molecule has 1 aliphatic heterocycles. The van der Waals surface area contributed by atoms with E-state index in [4.69, 9.17) is 4.74 Å². The van der Waals surface area contributed by atoms with E-state index >= 15 is 0 Å². The molecule has 1 aromatic carbocycles. The number of carbonyl (C=O) groups is 1. The Morgan fingerprint density at radius 2 is 1.74 bits per heavy atom. The molecule has 6 heteroatoms. The van der Waals surface area contributed by atoms with Gasteiger partial charge in [0.25, 0.3) is 5.91 Å². The van der Waals surface area contributed by atoms with Gasteiger partial charge < -0.3 is 14.5 Å². The summed E-state index contributed by atoms with van der Waals surface area (Å²) in [5.74, 6) is -1.58. The maximum atomic E-state index is 12.9. The largest absolute Gasteiger partial charge is 0.484 e. The Morgan fingerprint density at radius 1 is 1.16 bits per heavy atom. The van der Waals surface area contributed by atoms with Gasteiger partial charge in [0.15, 0.2) is 6.61 Å². The maximum Gasteiger partial charge on any atom is 0.260 e. The number of ether oxygens (including phenoxy) is 1. The van der Waals surface area contributed by atoms with E-state index in [1.807, 2.05) is 7.05 Å². The Hall–Kier alpha value is -1.69. The first-order valence-corrected chi connectivity index (χ1v) is 6.10. The monoisotopic (exact) mass is 270 g/mol. The molecule has 1 aromatic rings. The van der Waals surface area contributed by atoms with Crippen LogP contribution in [-0.2, 0) is 4.79 Å². The third-order valence-corrected chi connectivity index (χ3v) is 3.05. The Kier molecular flexibility index (Phi) is 4.31. The molecule has 1 aliphatic rings. The second kappa shape index (κ2) is 5.97. The van der Waals surface area contributed by atoms with E-state index in [-0.39, 0.29) is 18.3 Å². The zero-order chi connectivity index (χ0) is 13.8. The van der Waals surface area contributed by atoms with Crippen LogP contribution in [0.2, 0.25) is 0 Å². The van der Waals surface area contributed by atoms with Crippen molar-refractivity contribution in [1.82, 2.24) is 9.80 Å². The van der Waals surface area contributed by atoms with Gasteiger partial charge in [-0.2, -0.15) is 0 Å². The van der Waals surface area contributed by atoms with Gasteiger partial charge in [0.1, 0.15) is 17.4 Å². The van der Waals surface area contributed by atoms with Gasteiger partial charge in [-0.05, 0) is 7.05 Å². The molecule has 1 saturated heterocycles. The number of piperazine rings is 1. The average Bonchev–Trinajstić information content (AvgIpc) is 2.36. The Balaban J connectivity index is 1.86. The molecule has 4 nitrogen and oxygen atoms in total. The van der Waals surface area contributed by atoms with E-state index in [0.717, 1.165) is 31.3 Å². The number of likely N-dealkylation sites (N-methyl/N-ethyl adjacent to an activating group) is 1. The molecule has 0 atom stereocenters. The number of rotatable bonds is 3. The van der Waals surface area contributed by atoms with Crippen LogP contribution in [0, 0.1) is 11.6 Å². The van der Waals surface area contributed by atoms with Crippen LogP contribution in [0.3, 0.4) is 0 Å². The fourth-order valence-electron chi connectivity index (χ4n) is 1.90. The summed E-state index contributed by atoms with van der Waals surface area (Å²) in [6, 6.07) is 2.87. The van der Waals surface area contributed by atoms with Crippen molar-refractivity contribution in [2.24, 2.45) is 0 Å². The summed E-state index contributed by atoms with van der Waals surface area (Å²) in [6.07, 6.45) is 0. The molecule has 0 aromatic heterocycles. The predicted octanol–water partition coefficient (Wildman–Crippen LogP) is 1.12. The summed E-state index contributed by atoms with van der Waals surface area (Å²) in [4.78, 5) is 15.7. The molecule has 19 heavy (non-hydrogen) atoms. The van der Waals surface area contributed by atoms with Gasteiger partial charge in [-0.15, -0.1) is 0 Å². The van der Waals surface area contributed by atoms with Crippen LogP contribution in [0.25, 0.3) is 0 Å². The summed E-state index contributed by atoms with van der Waals surface area (Å²) >= 11 is 0. The van der Waals surface area contributed by atoms with Crippen molar-refractivity contribution >= 4 is 5.91 Å². The van der Waals surface area contributed by atoms with Crippen LogP contribution in [0.5, 0.6) is 5.75 Å². The van der Waals surface area contributed by atoms with Crippen molar-refractivity contribution in [2.75, 3.05) is 39.8 Å². The molecule has 1 amide bonds. The van der Waals surface area contributed by atoms with Crippen LogP contribution in [-0.4, -0.2) is 55.5 Å². The van der Waals surface area contributed by atoms with Gasteiger partial charge in [-0.1, -0.05) is 0 Å². The summed E-state index contributed by atoms with van der Waals surface area (Å²) in [5, 5.41) is 0. The lowest BCUT2D eigenvalue weighted by molar-refractivity contribution is -0.134. The van der Waals surface area contributed by atoms with Gasteiger partial charge in [-0.3, -0.25) is 4.79 Å². The molecule has 0 bridgehead atoms. The second-order valence-corrected chi connectivity index (χ2v) is 4.58. The summed E-state index contributed by atoms with van der Waals surface area (Å²) < 4.78 is 31.0. The van der Waals surface area contributed by atoms with E-state index in [9.17, 15) is 13.6 Å². The van der Waals surface area contributed by atoms with Crippen molar-refractivity contribution in [1.29, 1.82) is 0 Å². The third kappa shape index (κ3) is 3.89. The zero-order valence-corrected chi connectivity index (χ0v) is 10.7. The van der Waals surface area contributed by atoms with E-state index in [1.165, 1.54) is 0 Å². The molecule has 0 unspecified atom stereocenters. The molecular formula is C13H16F2N2O2. The summed E-state index contributed by atoms with van der Waals surface area (Å²) in [7, 11) is 1.99. The highest BCUT2D eigenvalue weighted by molar-refractivity contribution is 5.77. The molecule has 0 N–H and O–H groups in total. The molecular weight excluding hydrogens is 254 g/mol. The van der Waals surface area contributed by atoms with Crippen LogP contribution in [0.4, 0.5) is 8.78 Å². The number of amides is 1. The smallest absolute Gasteiger partial charge is 0.260 e. The lowest BCUT2D eigenvalue weighted by Gasteiger charge is -2.32. The van der Waals surface area contributed by atoms with Gasteiger partial charge in [0, 0.05) is 44.4 Å². The van der Waals surface area contributed by atoms with Crippen LogP contribution < -0.4 is 4.74 Å². The molecule has 0 aliphatic carbocycles. The van der Waals surface area contributed by atoms with E-state index in [1.54, 1.807) is 4.90 Å². The van der Waals surface area contributed by atoms with Crippen molar-refractivity contribution < 1.29 is 18.3 Å². The Labute approximate surface area is 110 Å². The average molecular weight is 270 g/mol. The fraction of sp³-hybridized carbons (Fsp3) is 0.462. The molecule has 1 fully saturated rings. The SMILES string of the molecule is CN1CCN(C(=O)COc2cc(F)cc(F)c2)CC1. The van der Waals surface area contributed by atoms with E-state index in [0.29, 0.717) is 13.1 Å². The number of hydrogen-bond acceptors (Lipinski definition) is 3. The summed E-state index contributed by atoms with van der Waals surface area (Å²) in [5.41, 5.74) is 0. The van der Waals surface area contributed by atoms with Crippen LogP contribution >= 0.6 is 0 Å². The standard InChI is InChI=1S/C13H16F2N2O2/c1-16-2-4-17(5-3-16)13(18)9-19-12-7-10(14)6-11(15)8-12/h6-8H,2-5,9H2,1H3. The predicted molar refractivity (Wildman–Crippen MR) is 65.9 cm³/mol. The molecule has 0 spiro atoms. The lowest BCUT2D eigenvalue weighted by atomic mass is 10.3. The van der Waals surface area contributed by atoms with Crippen molar-refractivity contribution in [3.8, 4) is 5.75 Å². The molecule has 0 radical (unpaired) electrons. The Bertz CT molecular complexity index is 440. The van der Waals surface area contributed by atoms with Crippen molar-refractivity contribution in [3.63, 3.8) is 0 Å². The number of carbonyl (C=O) groups excluding carboxylic acids is 1. The number of nitrogens with zero attached hydrogens (tertiary/aromatic N) is 2. The first kappa shape index (κ1) is 13.7. The quantitative estimate of drug-likeness (QED) is 0.825. The van der Waals surface area contributed by atoms with Crippen LogP contribution in [0.15, 0.2) is 18.2 Å². The van der Waals surface area contributed by atoms with Crippen molar-refractivity contribution in [2.45, 2.75) is 0 Å². The molecule has 0 saturated carbocycles. The number of hydrogen-bond donors (Lipinski definition) is 0. The molecule has 2 rings (SSSR count). The summed E-state index contributed by atoms with van der Waals surface area (Å²) in [6.45, 7) is 2.74. The number of benzene rings is 1. The highest BCUT2D eigenvalue weighted by atomic mass is 19.1. The minimum absolute atomic E-state index is 0.0278. The van der Waals surface area contributed by atoms with E-state index < -0.39 is 11.6 Å². The number of halogens is 2. The van der Waals surface area contributed by atoms with Gasteiger partial charge in [-0.25, -0.2) is 8.78 Å². The lowest BCUT2D eigenvalue weighted by Crippen LogP contribution is -2.48. The van der Waals surface area contributed by atoms with Gasteiger partial charge in [0.05, 0.1) is 0 Å². The minimum atomic E-state index is -0.720. The highest BCUT2D eigenvalue weighted by Gasteiger charge is 2.19. The second-order valence-electron chi connectivity index (χ2n) is 4.58. The van der Waals surface area contributed by atoms with Crippen molar-refractivity contribution in [3.05, 3.63) is 29.8 Å². The van der Waals surface area contributed by atoms with Gasteiger partial charge in [0.2, 0.25) is 0 Å². The first-order chi connectivity index (χ1) is 9.04. The van der Waals surface area contributed by atoms with E-state index in [2.05, 4.69) is 4.90 Å². The molecule has 104 valence electrons. The highest BCUT2D eigenvalue weighted by Crippen LogP contribution is 2.15. The minimum Gasteiger partial charge on any atom is -0.484 e. The zero-order valence-electron chi connectivity index (χ0n) is 10.7. The normalized spacial score (nSPS) is 16.5. The third-order valence-electron chi connectivity index (χ3n) is 3.05. The Morgan fingerprint density at radius 3 is 2.32 bits per heavy atom. The molecule has 1 heterocycles. The van der Waals surface area contributed by atoms with Gasteiger partial charge >= 0.3 is 0 Å². The van der Waals surface area contributed by atoms with Crippen LogP contribution in [0.1, 0.15) is 0 Å². The topological polar surface area (TPSA) is 32.8 Å².